The van der Waals surface area contributed by atoms with E-state index in [0.29, 0.717) is 38.4 Å². The van der Waals surface area contributed by atoms with Gasteiger partial charge in [-0.1, -0.05) is 0 Å². The molecule has 2 aromatic rings. The Labute approximate surface area is 210 Å². The molecule has 1 N–H and O–H groups in total. The summed E-state index contributed by atoms with van der Waals surface area (Å²) in [6, 6.07) is 8.39. The normalized spacial score (nSPS) is 20.8. The highest BCUT2D eigenvalue weighted by molar-refractivity contribution is 9.10. The number of ether oxygens (including phenoxy) is 2. The van der Waals surface area contributed by atoms with Crippen LogP contribution in [0.1, 0.15) is 18.2 Å². The molecule has 1 aromatic heterocycles. The van der Waals surface area contributed by atoms with E-state index < -0.39 is 6.04 Å². The Hall–Kier alpha value is -2.53. The van der Waals surface area contributed by atoms with Crippen molar-refractivity contribution in [2.45, 2.75) is 25.5 Å². The van der Waals surface area contributed by atoms with Crippen LogP contribution in [0.2, 0.25) is 0 Å². The summed E-state index contributed by atoms with van der Waals surface area (Å²) in [5.74, 6) is -0.584. The highest BCUT2D eigenvalue weighted by Gasteiger charge is 2.39. The molecule has 3 amide bonds. The van der Waals surface area contributed by atoms with Crippen molar-refractivity contribution in [3.63, 3.8) is 0 Å². The largest absolute Gasteiger partial charge is 0.377 e. The Kier molecular flexibility index (Phi) is 8.15. The summed E-state index contributed by atoms with van der Waals surface area (Å²) < 4.78 is 11.9. The highest BCUT2D eigenvalue weighted by atomic mass is 79.9. The molecule has 34 heavy (non-hydrogen) atoms. The standard InChI is InChI=1S/C24H26BrN3O5S/c1-2-33-19-12-21(28(13-19)22(29)8-7-20-11-16(25)15-34-20)24(31)26-17-3-5-18(6-4-17)27-9-10-32-14-23(27)30/h3-8,11,15,19,21H,2,9-10,12-14H2,1H3,(H,26,31)/t19-,21-/m1/s1. The Morgan fingerprint density at radius 3 is 2.79 bits per heavy atom. The summed E-state index contributed by atoms with van der Waals surface area (Å²) in [7, 11) is 0. The number of anilines is 2. The molecule has 2 fully saturated rings. The van der Waals surface area contributed by atoms with Crippen LogP contribution in [-0.2, 0) is 23.9 Å². The van der Waals surface area contributed by atoms with Gasteiger partial charge in [0.05, 0.1) is 12.7 Å². The van der Waals surface area contributed by atoms with Crippen LogP contribution in [0.25, 0.3) is 6.08 Å². The molecule has 2 atom stereocenters. The third kappa shape index (κ3) is 5.93. The first-order valence-corrected chi connectivity index (χ1v) is 12.7. The maximum Gasteiger partial charge on any atom is 0.253 e. The van der Waals surface area contributed by atoms with Crippen molar-refractivity contribution in [1.29, 1.82) is 0 Å². The molecular weight excluding hydrogens is 522 g/mol. The minimum Gasteiger partial charge on any atom is -0.377 e. The Morgan fingerprint density at radius 1 is 1.32 bits per heavy atom. The molecule has 180 valence electrons. The lowest BCUT2D eigenvalue weighted by Gasteiger charge is -2.27. The number of rotatable bonds is 7. The lowest BCUT2D eigenvalue weighted by Crippen LogP contribution is -2.42. The van der Waals surface area contributed by atoms with E-state index in [9.17, 15) is 14.4 Å². The van der Waals surface area contributed by atoms with Crippen molar-refractivity contribution in [3.05, 3.63) is 51.1 Å². The summed E-state index contributed by atoms with van der Waals surface area (Å²) in [6.07, 6.45) is 3.50. The monoisotopic (exact) mass is 547 g/mol. The summed E-state index contributed by atoms with van der Waals surface area (Å²) in [4.78, 5) is 42.3. The maximum atomic E-state index is 13.1. The van der Waals surface area contributed by atoms with Crippen molar-refractivity contribution >= 4 is 62.4 Å². The number of halogens is 1. The minimum absolute atomic E-state index is 0.0727. The van der Waals surface area contributed by atoms with E-state index in [-0.39, 0.29) is 30.4 Å². The summed E-state index contributed by atoms with van der Waals surface area (Å²) in [5, 5.41) is 4.85. The van der Waals surface area contributed by atoms with Crippen LogP contribution in [0.3, 0.4) is 0 Å². The summed E-state index contributed by atoms with van der Waals surface area (Å²) in [6.45, 7) is 3.84. The lowest BCUT2D eigenvalue weighted by atomic mass is 10.1. The van der Waals surface area contributed by atoms with Gasteiger partial charge in [-0.05, 0) is 59.3 Å². The minimum atomic E-state index is -0.635. The fourth-order valence-electron chi connectivity index (χ4n) is 4.05. The van der Waals surface area contributed by atoms with Crippen molar-refractivity contribution in [2.24, 2.45) is 0 Å². The van der Waals surface area contributed by atoms with Gasteiger partial charge in [-0.3, -0.25) is 14.4 Å². The fraction of sp³-hybridized carbons (Fsp3) is 0.375. The SMILES string of the molecule is CCO[C@@H]1C[C@H](C(=O)Nc2ccc(N3CCOCC3=O)cc2)N(C(=O)C=Cc2cc(Br)cs2)C1. The van der Waals surface area contributed by atoms with Crippen LogP contribution in [0.4, 0.5) is 11.4 Å². The van der Waals surface area contributed by atoms with Gasteiger partial charge >= 0.3 is 0 Å². The molecule has 0 saturated carbocycles. The zero-order chi connectivity index (χ0) is 24.1. The molecule has 0 aliphatic carbocycles. The maximum absolute atomic E-state index is 13.1. The van der Waals surface area contributed by atoms with Gasteiger partial charge in [-0.15, -0.1) is 11.3 Å². The zero-order valence-corrected chi connectivity index (χ0v) is 21.1. The second-order valence-electron chi connectivity index (χ2n) is 7.95. The second-order valence-corrected chi connectivity index (χ2v) is 9.81. The topological polar surface area (TPSA) is 88.2 Å². The number of nitrogens with zero attached hydrogens (tertiary/aromatic N) is 2. The molecule has 4 rings (SSSR count). The third-order valence-electron chi connectivity index (χ3n) is 5.66. The van der Waals surface area contributed by atoms with Crippen LogP contribution in [0, 0.1) is 0 Å². The number of nitrogens with one attached hydrogen (secondary N) is 1. The van der Waals surface area contributed by atoms with E-state index >= 15 is 0 Å². The predicted molar refractivity (Wildman–Crippen MR) is 135 cm³/mol. The van der Waals surface area contributed by atoms with Gasteiger partial charge in [0.2, 0.25) is 11.8 Å². The van der Waals surface area contributed by atoms with Gasteiger partial charge in [-0.25, -0.2) is 0 Å². The van der Waals surface area contributed by atoms with Crippen LogP contribution in [-0.4, -0.2) is 67.7 Å². The molecule has 1 aromatic carbocycles. The van der Waals surface area contributed by atoms with Gasteiger partial charge in [-0.2, -0.15) is 0 Å². The molecular formula is C24H26BrN3O5S. The van der Waals surface area contributed by atoms with E-state index in [1.54, 1.807) is 40.1 Å². The van der Waals surface area contributed by atoms with Gasteiger partial charge in [0.1, 0.15) is 12.6 Å². The number of benzene rings is 1. The Bertz CT molecular complexity index is 1070. The smallest absolute Gasteiger partial charge is 0.253 e. The number of carbonyl (C=O) groups excluding carboxylic acids is 3. The van der Waals surface area contributed by atoms with E-state index in [1.165, 1.54) is 17.4 Å². The van der Waals surface area contributed by atoms with Crippen molar-refractivity contribution in [2.75, 3.05) is 43.1 Å². The Balaban J connectivity index is 1.43. The summed E-state index contributed by atoms with van der Waals surface area (Å²) in [5.41, 5.74) is 1.35. The summed E-state index contributed by atoms with van der Waals surface area (Å²) >= 11 is 4.93. The second kappa shape index (κ2) is 11.3. The number of morpholine rings is 1. The molecule has 0 radical (unpaired) electrons. The Morgan fingerprint density at radius 2 is 2.12 bits per heavy atom. The van der Waals surface area contributed by atoms with Crippen molar-refractivity contribution in [3.8, 4) is 0 Å². The first-order valence-electron chi connectivity index (χ1n) is 11.1. The number of hydrogen-bond donors (Lipinski definition) is 1. The fourth-order valence-corrected chi connectivity index (χ4v) is 5.39. The number of carbonyl (C=O) groups is 3. The third-order valence-corrected chi connectivity index (χ3v) is 7.32. The van der Waals surface area contributed by atoms with Crippen LogP contribution in [0.15, 0.2) is 46.3 Å². The van der Waals surface area contributed by atoms with Crippen LogP contribution >= 0.6 is 27.3 Å². The number of amides is 3. The van der Waals surface area contributed by atoms with Crippen LogP contribution in [0.5, 0.6) is 0 Å². The van der Waals surface area contributed by atoms with E-state index in [1.807, 2.05) is 18.4 Å². The predicted octanol–water partition coefficient (Wildman–Crippen LogP) is 3.53. The molecule has 0 unspecified atom stereocenters. The van der Waals surface area contributed by atoms with E-state index in [2.05, 4.69) is 21.2 Å². The lowest BCUT2D eigenvalue weighted by molar-refractivity contribution is -0.132. The quantitative estimate of drug-likeness (QED) is 0.535. The molecule has 10 heteroatoms. The van der Waals surface area contributed by atoms with Gasteiger partial charge in [0, 0.05) is 58.3 Å². The van der Waals surface area contributed by atoms with Crippen LogP contribution < -0.4 is 10.2 Å². The molecule has 0 bridgehead atoms. The highest BCUT2D eigenvalue weighted by Crippen LogP contribution is 2.25. The first-order chi connectivity index (χ1) is 16.4. The van der Waals surface area contributed by atoms with E-state index in [4.69, 9.17) is 9.47 Å². The first kappa shape index (κ1) is 24.6. The van der Waals surface area contributed by atoms with Crippen molar-refractivity contribution in [1.82, 2.24) is 4.90 Å². The zero-order valence-electron chi connectivity index (χ0n) is 18.7. The van der Waals surface area contributed by atoms with Crippen molar-refractivity contribution < 1.29 is 23.9 Å². The van der Waals surface area contributed by atoms with E-state index in [0.717, 1.165) is 15.0 Å². The molecule has 2 aliphatic rings. The van der Waals surface area contributed by atoms with Gasteiger partial charge in [0.15, 0.2) is 0 Å². The molecule has 0 spiro atoms. The molecule has 2 saturated heterocycles. The van der Waals surface area contributed by atoms with Gasteiger partial charge in [0.25, 0.3) is 5.91 Å². The molecule has 8 nitrogen and oxygen atoms in total. The molecule has 2 aliphatic heterocycles. The average Bonchev–Trinajstić information content (AvgIpc) is 3.45. The number of hydrogen-bond acceptors (Lipinski definition) is 6. The van der Waals surface area contributed by atoms with Gasteiger partial charge < -0.3 is 24.6 Å². The number of thiophene rings is 1. The molecule has 3 heterocycles. The number of likely N-dealkylation sites (tertiary alicyclic amines) is 1. The average molecular weight is 548 g/mol.